The van der Waals surface area contributed by atoms with Gasteiger partial charge in [-0.3, -0.25) is 9.59 Å². The minimum atomic E-state index is -0.641. The van der Waals surface area contributed by atoms with Crippen LogP contribution in [0.15, 0.2) is 35.9 Å². The number of nitrogens with zero attached hydrogens (tertiary/aromatic N) is 2. The van der Waals surface area contributed by atoms with Gasteiger partial charge in [-0.15, -0.1) is 6.58 Å². The lowest BCUT2D eigenvalue weighted by molar-refractivity contribution is 0.0956. The number of nitrogens with two attached hydrogens (primary N) is 1. The first-order valence-electron chi connectivity index (χ1n) is 9.16. The number of halogens is 4. The summed E-state index contributed by atoms with van der Waals surface area (Å²) in [5.41, 5.74) is 6.18. The highest BCUT2D eigenvalue weighted by Gasteiger charge is 2.22. The Morgan fingerprint density at radius 3 is 2.35 bits per heavy atom. The van der Waals surface area contributed by atoms with Gasteiger partial charge in [0.2, 0.25) is 0 Å². The molecular weight excluding hydrogens is 484 g/mol. The van der Waals surface area contributed by atoms with Crippen LogP contribution in [0, 0.1) is 0 Å². The maximum atomic E-state index is 12.9. The van der Waals surface area contributed by atoms with Crippen LogP contribution in [0.5, 0.6) is 0 Å². The highest BCUT2D eigenvalue weighted by atomic mass is 35.5. The molecule has 0 saturated carbocycles. The first-order valence-corrected chi connectivity index (χ1v) is 10.7. The maximum absolute atomic E-state index is 12.9. The fourth-order valence-corrected chi connectivity index (χ4v) is 3.11. The van der Waals surface area contributed by atoms with Gasteiger partial charge in [0.25, 0.3) is 11.8 Å². The average Bonchev–Trinajstić information content (AvgIpc) is 3.11. The summed E-state index contributed by atoms with van der Waals surface area (Å²) in [5.74, 6) is -1.02. The Morgan fingerprint density at radius 2 is 1.81 bits per heavy atom. The standard InChI is InChI=1S/C17H17Cl4N5O2.C3H6/c1-3-10(19)15(22)26-12(7-13(21)25-26)17(28)24-14-9(16(27)23-4-2)5-8(18)6-11(14)20;1-3-2/h5-7H,3-4,22H2,1-2H3,(H,23,27)(H,24,28);3H,1H2,2H3/b15-10-;. The fourth-order valence-electron chi connectivity index (χ4n) is 2.31. The van der Waals surface area contributed by atoms with Crippen LogP contribution >= 0.6 is 46.4 Å². The van der Waals surface area contributed by atoms with E-state index in [0.29, 0.717) is 18.0 Å². The normalized spacial score (nSPS) is 11.1. The molecule has 4 N–H and O–H groups in total. The van der Waals surface area contributed by atoms with Crippen molar-refractivity contribution < 1.29 is 9.59 Å². The molecule has 1 aromatic carbocycles. The predicted octanol–water partition coefficient (Wildman–Crippen LogP) is 5.77. The van der Waals surface area contributed by atoms with Crippen LogP contribution in [-0.2, 0) is 0 Å². The summed E-state index contributed by atoms with van der Waals surface area (Å²) in [5, 5.41) is 9.91. The summed E-state index contributed by atoms with van der Waals surface area (Å²) in [6.45, 7) is 9.19. The monoisotopic (exact) mass is 505 g/mol. The van der Waals surface area contributed by atoms with E-state index >= 15 is 0 Å². The first kappa shape index (κ1) is 26.8. The topological polar surface area (TPSA) is 102 Å². The first-order chi connectivity index (χ1) is 14.6. The zero-order chi connectivity index (χ0) is 23.7. The third-order valence-electron chi connectivity index (χ3n) is 3.60. The van der Waals surface area contributed by atoms with Gasteiger partial charge in [0, 0.05) is 17.6 Å². The van der Waals surface area contributed by atoms with Crippen molar-refractivity contribution in [3.8, 4) is 0 Å². The molecule has 31 heavy (non-hydrogen) atoms. The largest absolute Gasteiger partial charge is 0.383 e. The molecule has 2 rings (SSSR count). The summed E-state index contributed by atoms with van der Waals surface area (Å²) in [6, 6.07) is 4.13. The summed E-state index contributed by atoms with van der Waals surface area (Å²) < 4.78 is 1.12. The maximum Gasteiger partial charge on any atom is 0.274 e. The number of allylic oxidation sites excluding steroid dienone is 2. The van der Waals surface area contributed by atoms with Crippen molar-refractivity contribution >= 4 is 69.7 Å². The molecule has 0 aliphatic heterocycles. The number of anilines is 1. The van der Waals surface area contributed by atoms with Gasteiger partial charge in [0.05, 0.1) is 21.3 Å². The Morgan fingerprint density at radius 1 is 1.19 bits per heavy atom. The van der Waals surface area contributed by atoms with Crippen molar-refractivity contribution in [3.63, 3.8) is 0 Å². The lowest BCUT2D eigenvalue weighted by Crippen LogP contribution is -2.26. The van der Waals surface area contributed by atoms with Crippen molar-refractivity contribution in [1.82, 2.24) is 15.1 Å². The van der Waals surface area contributed by atoms with Crippen LogP contribution < -0.4 is 16.4 Å². The predicted molar refractivity (Wildman–Crippen MR) is 129 cm³/mol. The molecule has 0 unspecified atom stereocenters. The van der Waals surface area contributed by atoms with E-state index in [0.717, 1.165) is 4.68 Å². The Hall–Kier alpha value is -2.19. The highest BCUT2D eigenvalue weighted by molar-refractivity contribution is 6.38. The number of aromatic nitrogens is 2. The van der Waals surface area contributed by atoms with E-state index in [1.54, 1.807) is 19.9 Å². The molecule has 7 nitrogen and oxygen atoms in total. The number of carbonyl (C=O) groups excluding carboxylic acids is 2. The van der Waals surface area contributed by atoms with Crippen molar-refractivity contribution in [1.29, 1.82) is 0 Å². The zero-order valence-corrected chi connectivity index (χ0v) is 20.3. The van der Waals surface area contributed by atoms with Crippen molar-refractivity contribution in [3.05, 3.63) is 62.3 Å². The third kappa shape index (κ3) is 7.18. The van der Waals surface area contributed by atoms with Crippen LogP contribution in [0.1, 0.15) is 48.0 Å². The van der Waals surface area contributed by atoms with E-state index in [4.69, 9.17) is 52.1 Å². The average molecular weight is 507 g/mol. The van der Waals surface area contributed by atoms with Gasteiger partial charge in [-0.1, -0.05) is 59.4 Å². The van der Waals surface area contributed by atoms with Crippen LogP contribution in [0.3, 0.4) is 0 Å². The molecule has 0 aliphatic carbocycles. The van der Waals surface area contributed by atoms with Crippen LogP contribution in [0.25, 0.3) is 5.82 Å². The van der Waals surface area contributed by atoms with Crippen molar-refractivity contribution in [2.75, 3.05) is 11.9 Å². The van der Waals surface area contributed by atoms with Gasteiger partial charge in [-0.2, -0.15) is 5.10 Å². The highest BCUT2D eigenvalue weighted by Crippen LogP contribution is 2.31. The number of nitrogens with one attached hydrogen (secondary N) is 2. The number of rotatable bonds is 6. The molecule has 168 valence electrons. The fraction of sp³-hybridized carbons (Fsp3) is 0.250. The Bertz CT molecular complexity index is 1000. The molecule has 0 atom stereocenters. The molecule has 0 aliphatic rings. The molecule has 0 saturated heterocycles. The molecule has 0 fully saturated rings. The molecule has 1 heterocycles. The van der Waals surface area contributed by atoms with E-state index in [-0.39, 0.29) is 38.0 Å². The quantitative estimate of drug-likeness (QED) is 0.432. The number of amides is 2. The molecule has 0 spiro atoms. The third-order valence-corrected chi connectivity index (χ3v) is 4.77. The van der Waals surface area contributed by atoms with E-state index in [9.17, 15) is 9.59 Å². The smallest absolute Gasteiger partial charge is 0.274 e. The minimum Gasteiger partial charge on any atom is -0.383 e. The van der Waals surface area contributed by atoms with E-state index in [2.05, 4.69) is 22.3 Å². The van der Waals surface area contributed by atoms with E-state index in [1.807, 2.05) is 6.92 Å². The van der Waals surface area contributed by atoms with Crippen LogP contribution in [-0.4, -0.2) is 28.1 Å². The molecule has 11 heteroatoms. The molecular formula is C20H23Cl4N5O2. The number of carbonyl (C=O) groups is 2. The van der Waals surface area contributed by atoms with Crippen LogP contribution in [0.2, 0.25) is 15.2 Å². The van der Waals surface area contributed by atoms with Crippen molar-refractivity contribution in [2.45, 2.75) is 27.2 Å². The number of hydrogen-bond donors (Lipinski definition) is 3. The Kier molecular flexibility index (Phi) is 10.9. The molecule has 2 amide bonds. The second-order valence-electron chi connectivity index (χ2n) is 5.94. The number of benzene rings is 1. The van der Waals surface area contributed by atoms with Gasteiger partial charge in [-0.25, -0.2) is 4.68 Å². The molecule has 0 bridgehead atoms. The second kappa shape index (κ2) is 12.6. The molecule has 0 radical (unpaired) electrons. The SMILES string of the molecule is C=CC.CCNC(=O)c1cc(Cl)cc(Cl)c1NC(=O)c1cc(Cl)nn1/C(N)=C(\Cl)CC. The Balaban J connectivity index is 0.00000151. The summed E-state index contributed by atoms with van der Waals surface area (Å²) in [7, 11) is 0. The molecule has 1 aromatic heterocycles. The lowest BCUT2D eigenvalue weighted by atomic mass is 10.1. The summed E-state index contributed by atoms with van der Waals surface area (Å²) in [4.78, 5) is 25.2. The van der Waals surface area contributed by atoms with E-state index < -0.39 is 11.8 Å². The van der Waals surface area contributed by atoms with Gasteiger partial charge in [0.1, 0.15) is 11.5 Å². The summed E-state index contributed by atoms with van der Waals surface area (Å²) in [6.07, 6.45) is 2.19. The van der Waals surface area contributed by atoms with Gasteiger partial charge >= 0.3 is 0 Å². The van der Waals surface area contributed by atoms with E-state index in [1.165, 1.54) is 18.2 Å². The zero-order valence-electron chi connectivity index (χ0n) is 17.2. The second-order valence-corrected chi connectivity index (χ2v) is 7.63. The summed E-state index contributed by atoms with van der Waals surface area (Å²) >= 11 is 24.2. The van der Waals surface area contributed by atoms with Gasteiger partial charge in [-0.05, 0) is 32.4 Å². The van der Waals surface area contributed by atoms with Gasteiger partial charge in [0.15, 0.2) is 5.15 Å². The minimum absolute atomic E-state index is 0.0157. The van der Waals surface area contributed by atoms with Gasteiger partial charge < -0.3 is 16.4 Å². The number of hydrogen-bond acceptors (Lipinski definition) is 4. The van der Waals surface area contributed by atoms with Crippen LogP contribution in [0.4, 0.5) is 5.69 Å². The van der Waals surface area contributed by atoms with Crippen molar-refractivity contribution in [2.24, 2.45) is 5.73 Å². The Labute approximate surface area is 201 Å². The lowest BCUT2D eigenvalue weighted by Gasteiger charge is -2.14. The molecule has 2 aromatic rings.